The molecule has 4 aromatic carbocycles. The van der Waals surface area contributed by atoms with Gasteiger partial charge in [0, 0.05) is 24.0 Å². The number of para-hydroxylation sites is 2. The molecule has 2 atom stereocenters. The van der Waals surface area contributed by atoms with Crippen LogP contribution in [0.4, 0.5) is 0 Å². The molecule has 53 heavy (non-hydrogen) atoms. The summed E-state index contributed by atoms with van der Waals surface area (Å²) in [5.41, 5.74) is 5.65. The number of nitriles is 2. The zero-order valence-electron chi connectivity index (χ0n) is 32.9. The second kappa shape index (κ2) is 22.5. The molecule has 0 fully saturated rings. The van der Waals surface area contributed by atoms with Crippen LogP contribution < -0.4 is 9.47 Å². The Balaban J connectivity index is 1.36. The summed E-state index contributed by atoms with van der Waals surface area (Å²) in [6.07, 6.45) is 16.6. The lowest BCUT2D eigenvalue weighted by molar-refractivity contribution is -0.890. The van der Waals surface area contributed by atoms with Crippen LogP contribution in [-0.4, -0.2) is 43.9 Å². The summed E-state index contributed by atoms with van der Waals surface area (Å²) >= 11 is 0. The molecule has 0 radical (unpaired) electrons. The number of quaternary nitrogens is 1. The van der Waals surface area contributed by atoms with Crippen molar-refractivity contribution in [1.82, 2.24) is 0 Å². The lowest BCUT2D eigenvalue weighted by Gasteiger charge is -2.31. The Bertz CT molecular complexity index is 1590. The van der Waals surface area contributed by atoms with E-state index in [-0.39, 0.29) is 12.2 Å². The van der Waals surface area contributed by atoms with Crippen molar-refractivity contribution in [3.05, 3.63) is 108 Å². The van der Waals surface area contributed by atoms with Crippen LogP contribution in [0.5, 0.6) is 11.5 Å². The number of unbranched alkanes of at least 4 members (excludes halogenated alkanes) is 6. The molecule has 2 unspecified atom stereocenters. The fourth-order valence-corrected chi connectivity index (χ4v) is 7.15. The first-order valence-corrected chi connectivity index (χ1v) is 20.2. The standard InChI is InChI=1S/C48H62N3O2/c1-5-7-9-11-19-43(52-47-25-15-13-23-45(47)41-31-27-39(37-49)28-32-41)21-17-35-51(3,4)36-18-22-44(20-12-10-8-6-2)53-48-26-16-14-24-46(48)42-33-29-40(38-50)30-34-42/h13-16,23-34,43-44H,5-12,17-22,35-36H2,1-4H3/q+1. The van der Waals surface area contributed by atoms with E-state index in [0.29, 0.717) is 11.1 Å². The summed E-state index contributed by atoms with van der Waals surface area (Å²) < 4.78 is 14.6. The predicted octanol–water partition coefficient (Wildman–Crippen LogP) is 12.5. The van der Waals surface area contributed by atoms with Crippen molar-refractivity contribution in [2.45, 2.75) is 116 Å². The average molecular weight is 713 g/mol. The van der Waals surface area contributed by atoms with E-state index in [1.54, 1.807) is 0 Å². The summed E-state index contributed by atoms with van der Waals surface area (Å²) in [5.74, 6) is 1.86. The molecular weight excluding hydrogens is 651 g/mol. The Kier molecular flexibility index (Phi) is 17.5. The Morgan fingerprint density at radius 1 is 0.491 bits per heavy atom. The molecule has 0 aromatic heterocycles. The second-order valence-corrected chi connectivity index (χ2v) is 15.2. The number of ether oxygens (including phenoxy) is 2. The highest BCUT2D eigenvalue weighted by Gasteiger charge is 2.21. The van der Waals surface area contributed by atoms with Gasteiger partial charge in [0.25, 0.3) is 0 Å². The SMILES string of the molecule is CCCCCCC(CCC[N+](C)(C)CCCC(CCCCCC)Oc1ccccc1-c1ccc(C#N)cc1)Oc1ccccc1-c1ccc(C#N)cc1. The molecule has 5 heteroatoms. The van der Waals surface area contributed by atoms with E-state index >= 15 is 0 Å². The number of benzene rings is 4. The normalized spacial score (nSPS) is 12.4. The van der Waals surface area contributed by atoms with Crippen LogP contribution in [0.1, 0.15) is 115 Å². The van der Waals surface area contributed by atoms with Gasteiger partial charge in [-0.15, -0.1) is 0 Å². The number of nitrogens with zero attached hydrogens (tertiary/aromatic N) is 3. The quantitative estimate of drug-likeness (QED) is 0.0536. The van der Waals surface area contributed by atoms with Gasteiger partial charge < -0.3 is 14.0 Å². The monoisotopic (exact) mass is 712 g/mol. The first-order chi connectivity index (χ1) is 25.9. The van der Waals surface area contributed by atoms with Gasteiger partial charge in [0.1, 0.15) is 11.5 Å². The lowest BCUT2D eigenvalue weighted by Crippen LogP contribution is -2.42. The van der Waals surface area contributed by atoms with Crippen molar-refractivity contribution in [3.8, 4) is 45.9 Å². The van der Waals surface area contributed by atoms with Crippen molar-refractivity contribution < 1.29 is 14.0 Å². The molecule has 0 aliphatic heterocycles. The minimum atomic E-state index is 0.170. The van der Waals surface area contributed by atoms with Crippen molar-refractivity contribution in [2.24, 2.45) is 0 Å². The van der Waals surface area contributed by atoms with Gasteiger partial charge in [-0.2, -0.15) is 10.5 Å². The van der Waals surface area contributed by atoms with Crippen molar-refractivity contribution in [1.29, 1.82) is 10.5 Å². The molecule has 0 aliphatic carbocycles. The third-order valence-corrected chi connectivity index (χ3v) is 10.3. The molecule has 0 spiro atoms. The van der Waals surface area contributed by atoms with Gasteiger partial charge in [0.15, 0.2) is 0 Å². The molecule has 0 saturated heterocycles. The van der Waals surface area contributed by atoms with E-state index in [1.165, 1.54) is 51.4 Å². The number of hydrogen-bond acceptors (Lipinski definition) is 4. The third-order valence-electron chi connectivity index (χ3n) is 10.3. The lowest BCUT2D eigenvalue weighted by atomic mass is 10.0. The predicted molar refractivity (Wildman–Crippen MR) is 220 cm³/mol. The van der Waals surface area contributed by atoms with Gasteiger partial charge in [-0.3, -0.25) is 0 Å². The maximum atomic E-state index is 9.28. The Labute approximate surface area is 320 Å². The van der Waals surface area contributed by atoms with Crippen LogP contribution in [0.25, 0.3) is 22.3 Å². The highest BCUT2D eigenvalue weighted by atomic mass is 16.5. The highest BCUT2D eigenvalue weighted by Crippen LogP contribution is 2.33. The summed E-state index contributed by atoms with van der Waals surface area (Å²) in [6.45, 7) is 6.74. The minimum absolute atomic E-state index is 0.170. The molecular formula is C48H62N3O2+. The highest BCUT2D eigenvalue weighted by molar-refractivity contribution is 5.71. The van der Waals surface area contributed by atoms with Crippen LogP contribution in [0.15, 0.2) is 97.1 Å². The maximum Gasteiger partial charge on any atom is 0.127 e. The third kappa shape index (κ3) is 14.1. The zero-order chi connectivity index (χ0) is 37.7. The molecule has 4 rings (SSSR count). The minimum Gasteiger partial charge on any atom is -0.490 e. The van der Waals surface area contributed by atoms with Crippen LogP contribution in [0.2, 0.25) is 0 Å². The van der Waals surface area contributed by atoms with Gasteiger partial charge in [0.05, 0.1) is 62.7 Å². The molecule has 4 aromatic rings. The van der Waals surface area contributed by atoms with Gasteiger partial charge in [-0.1, -0.05) is 113 Å². The molecule has 0 saturated carbocycles. The van der Waals surface area contributed by atoms with Crippen LogP contribution in [0.3, 0.4) is 0 Å². The molecule has 0 amide bonds. The van der Waals surface area contributed by atoms with Gasteiger partial charge >= 0.3 is 0 Å². The Hall–Kier alpha value is -4.58. The van der Waals surface area contributed by atoms with Gasteiger partial charge in [-0.05, 0) is 86.1 Å². The topological polar surface area (TPSA) is 66.0 Å². The average Bonchev–Trinajstić information content (AvgIpc) is 3.18. The Morgan fingerprint density at radius 2 is 0.868 bits per heavy atom. The second-order valence-electron chi connectivity index (χ2n) is 15.2. The fraction of sp³-hybridized carbons (Fsp3) is 0.458. The largest absolute Gasteiger partial charge is 0.490 e. The summed E-state index contributed by atoms with van der Waals surface area (Å²) in [4.78, 5) is 0. The number of hydrogen-bond donors (Lipinski definition) is 0. The van der Waals surface area contributed by atoms with Crippen LogP contribution in [0, 0.1) is 22.7 Å². The van der Waals surface area contributed by atoms with E-state index < -0.39 is 0 Å². The van der Waals surface area contributed by atoms with Crippen LogP contribution >= 0.6 is 0 Å². The van der Waals surface area contributed by atoms with E-state index in [4.69, 9.17) is 9.47 Å². The summed E-state index contributed by atoms with van der Waals surface area (Å²) in [5, 5.41) is 18.6. The maximum absolute atomic E-state index is 9.28. The van der Waals surface area contributed by atoms with E-state index in [9.17, 15) is 10.5 Å². The molecule has 0 aliphatic rings. The van der Waals surface area contributed by atoms with E-state index in [2.05, 4.69) is 88.6 Å². The molecule has 280 valence electrons. The molecule has 5 nitrogen and oxygen atoms in total. The summed E-state index contributed by atoms with van der Waals surface area (Å²) in [7, 11) is 4.74. The summed E-state index contributed by atoms with van der Waals surface area (Å²) in [6, 6.07) is 36.7. The zero-order valence-corrected chi connectivity index (χ0v) is 32.9. The van der Waals surface area contributed by atoms with Gasteiger partial charge in [-0.25, -0.2) is 0 Å². The Morgan fingerprint density at radius 3 is 1.25 bits per heavy atom. The van der Waals surface area contributed by atoms with E-state index in [1.807, 2.05) is 48.5 Å². The van der Waals surface area contributed by atoms with Crippen molar-refractivity contribution >= 4 is 0 Å². The van der Waals surface area contributed by atoms with Crippen LogP contribution in [-0.2, 0) is 0 Å². The fourth-order valence-electron chi connectivity index (χ4n) is 7.15. The van der Waals surface area contributed by atoms with Crippen molar-refractivity contribution in [3.63, 3.8) is 0 Å². The van der Waals surface area contributed by atoms with E-state index in [0.717, 1.165) is 89.9 Å². The van der Waals surface area contributed by atoms with Gasteiger partial charge in [0.2, 0.25) is 0 Å². The molecule has 0 bridgehead atoms. The smallest absolute Gasteiger partial charge is 0.127 e. The molecule has 0 heterocycles. The first kappa shape index (κ1) is 41.2. The molecule has 0 N–H and O–H groups in total. The number of rotatable bonds is 24. The first-order valence-electron chi connectivity index (χ1n) is 20.2. The van der Waals surface area contributed by atoms with Crippen molar-refractivity contribution in [2.75, 3.05) is 27.2 Å².